The smallest absolute Gasteiger partial charge is 0.262 e. The number of rotatable bonds is 6. The van der Waals surface area contributed by atoms with E-state index in [9.17, 15) is 36.0 Å². The Bertz CT molecular complexity index is 2180. The van der Waals surface area contributed by atoms with Crippen molar-refractivity contribution in [1.29, 1.82) is 0 Å². The first-order chi connectivity index (χ1) is 23.9. The zero-order chi connectivity index (χ0) is 35.2. The van der Waals surface area contributed by atoms with Crippen LogP contribution in [0.3, 0.4) is 0 Å². The molecule has 0 radical (unpaired) electrons. The third-order valence-electron chi connectivity index (χ3n) is 11.4. The van der Waals surface area contributed by atoms with E-state index in [0.29, 0.717) is 24.0 Å². The molecule has 0 spiro atoms. The molecule has 2 aliphatic heterocycles. The Morgan fingerprint density at radius 2 is 1.24 bits per heavy atom. The van der Waals surface area contributed by atoms with Gasteiger partial charge in [0.25, 0.3) is 11.8 Å². The Balaban J connectivity index is 1.32. The highest BCUT2D eigenvalue weighted by Gasteiger charge is 2.63. The molecule has 0 bridgehead atoms. The summed E-state index contributed by atoms with van der Waals surface area (Å²) in [6, 6.07) is 20.5. The Morgan fingerprint density at radius 3 is 1.78 bits per heavy atom. The number of likely N-dealkylation sites (tertiary alicyclic amines) is 1. The van der Waals surface area contributed by atoms with E-state index < -0.39 is 71.2 Å². The average molecular weight is 711 g/mol. The molecule has 1 saturated heterocycles. The Morgan fingerprint density at radius 1 is 0.700 bits per heavy atom. The van der Waals surface area contributed by atoms with Crippen LogP contribution in [0.5, 0.6) is 0 Å². The predicted octanol–water partition coefficient (Wildman–Crippen LogP) is 4.75. The Hall–Kier alpha value is -4.68. The van der Waals surface area contributed by atoms with Gasteiger partial charge in [0.1, 0.15) is 0 Å². The molecule has 1 fully saturated rings. The van der Waals surface area contributed by atoms with Crippen molar-refractivity contribution in [3.05, 3.63) is 119 Å². The van der Waals surface area contributed by atoms with Crippen molar-refractivity contribution >= 4 is 43.3 Å². The second-order valence-corrected chi connectivity index (χ2v) is 18.3. The van der Waals surface area contributed by atoms with Crippen molar-refractivity contribution in [3.8, 4) is 0 Å². The SMILES string of the molecule is CCN1C(=O)[C@@H]2[C@@H](CC3=C(CCC4=CCC(S(=O)(=O)c5ccccc5)(S(=O)(=O)c5ccccc5)C[C@@H]43)[C@@H]2N2C(=O)c3ccccc3C2=O)C1=O. The summed E-state index contributed by atoms with van der Waals surface area (Å²) in [6.07, 6.45) is 2.02. The summed E-state index contributed by atoms with van der Waals surface area (Å²) < 4.78 is 56.8. The molecule has 10 nitrogen and oxygen atoms in total. The third-order valence-corrected chi connectivity index (χ3v) is 17.1. The van der Waals surface area contributed by atoms with Crippen LogP contribution in [0.15, 0.2) is 118 Å². The molecule has 3 aromatic rings. The standard InChI is InChI=1S/C38H34N2O8S2/c1-2-39-34(41)30-21-29-26(33(32(30)37(39)44)40-35(42)27-15-9-10-16-28(27)36(40)43)18-17-23-19-20-38(22-31(23)29,49(45,46)24-11-5-3-6-12-24)50(47,48)25-13-7-4-8-14-25/h3-16,19,30-33H,2,17-18,20-22H2,1H3/t30-,31+,32-,33+/m1/s1. The highest BCUT2D eigenvalue weighted by Crippen LogP contribution is 2.57. The summed E-state index contributed by atoms with van der Waals surface area (Å²) in [6.45, 7) is 1.81. The largest absolute Gasteiger partial charge is 0.282 e. The van der Waals surface area contributed by atoms with Gasteiger partial charge in [0, 0.05) is 18.9 Å². The Labute approximate surface area is 290 Å². The van der Waals surface area contributed by atoms with Gasteiger partial charge in [0.2, 0.25) is 11.8 Å². The molecule has 3 aromatic carbocycles. The van der Waals surface area contributed by atoms with Crippen LogP contribution >= 0.6 is 0 Å². The van der Waals surface area contributed by atoms with Crippen molar-refractivity contribution in [2.24, 2.45) is 17.8 Å². The van der Waals surface area contributed by atoms with E-state index in [0.717, 1.165) is 10.5 Å². The molecule has 5 aliphatic rings. The van der Waals surface area contributed by atoms with Crippen LogP contribution in [0.1, 0.15) is 59.7 Å². The topological polar surface area (TPSA) is 143 Å². The van der Waals surface area contributed by atoms with Gasteiger partial charge >= 0.3 is 0 Å². The van der Waals surface area contributed by atoms with Crippen molar-refractivity contribution in [1.82, 2.24) is 9.80 Å². The zero-order valence-corrected chi connectivity index (χ0v) is 28.8. The number of fused-ring (bicyclic) bond motifs is 4. The van der Waals surface area contributed by atoms with Gasteiger partial charge in [-0.2, -0.15) is 0 Å². The van der Waals surface area contributed by atoms with Gasteiger partial charge in [-0.25, -0.2) is 16.8 Å². The molecule has 0 N–H and O–H groups in total. The molecule has 0 unspecified atom stereocenters. The molecule has 12 heteroatoms. The number of hydrogen-bond acceptors (Lipinski definition) is 8. The van der Waals surface area contributed by atoms with Gasteiger partial charge in [-0.1, -0.05) is 65.8 Å². The summed E-state index contributed by atoms with van der Waals surface area (Å²) in [5.41, 5.74) is 2.55. The number of imide groups is 2. The highest BCUT2D eigenvalue weighted by atomic mass is 32.3. The fraction of sp³-hybridized carbons (Fsp3) is 0.316. The molecule has 4 atom stereocenters. The zero-order valence-electron chi connectivity index (χ0n) is 27.2. The van der Waals surface area contributed by atoms with Crippen molar-refractivity contribution in [2.45, 2.75) is 58.9 Å². The third kappa shape index (κ3) is 4.30. The fourth-order valence-corrected chi connectivity index (χ4v) is 14.0. The second kappa shape index (κ2) is 11.4. The number of amides is 4. The van der Waals surface area contributed by atoms with Crippen molar-refractivity contribution < 1.29 is 36.0 Å². The molecule has 0 aromatic heterocycles. The Kier molecular flexibility index (Phi) is 7.43. The maximum atomic E-state index is 14.8. The van der Waals surface area contributed by atoms with Crippen LogP contribution in [0.25, 0.3) is 0 Å². The van der Waals surface area contributed by atoms with Crippen LogP contribution in [0.4, 0.5) is 0 Å². The molecular weight excluding hydrogens is 677 g/mol. The molecule has 4 amide bonds. The number of carbonyl (C=O) groups is 4. The predicted molar refractivity (Wildman–Crippen MR) is 182 cm³/mol. The van der Waals surface area contributed by atoms with E-state index in [-0.39, 0.29) is 46.7 Å². The van der Waals surface area contributed by atoms with Crippen LogP contribution in [-0.4, -0.2) is 66.9 Å². The van der Waals surface area contributed by atoms with E-state index in [1.165, 1.54) is 29.2 Å². The summed E-state index contributed by atoms with van der Waals surface area (Å²) in [5.74, 6) is -4.60. The molecule has 3 aliphatic carbocycles. The lowest BCUT2D eigenvalue weighted by Crippen LogP contribution is -2.54. The lowest BCUT2D eigenvalue weighted by Gasteiger charge is -2.47. The first-order valence-electron chi connectivity index (χ1n) is 16.8. The quantitative estimate of drug-likeness (QED) is 0.264. The minimum Gasteiger partial charge on any atom is -0.282 e. The van der Waals surface area contributed by atoms with Crippen LogP contribution in [0, 0.1) is 17.8 Å². The molecule has 256 valence electrons. The van der Waals surface area contributed by atoms with Crippen LogP contribution in [-0.2, 0) is 29.3 Å². The van der Waals surface area contributed by atoms with Gasteiger partial charge in [-0.15, -0.1) is 0 Å². The van der Waals surface area contributed by atoms with Gasteiger partial charge in [-0.3, -0.25) is 29.0 Å². The number of nitrogens with zero attached hydrogens (tertiary/aromatic N) is 2. The molecule has 2 heterocycles. The molecule has 0 saturated carbocycles. The minimum absolute atomic E-state index is 0.0929. The average Bonchev–Trinajstić information content (AvgIpc) is 3.54. The minimum atomic E-state index is -4.55. The molecule has 50 heavy (non-hydrogen) atoms. The number of benzene rings is 3. The van der Waals surface area contributed by atoms with Crippen LogP contribution in [0.2, 0.25) is 0 Å². The van der Waals surface area contributed by atoms with Crippen LogP contribution < -0.4 is 0 Å². The van der Waals surface area contributed by atoms with E-state index in [4.69, 9.17) is 0 Å². The summed E-state index contributed by atoms with van der Waals surface area (Å²) >= 11 is 0. The number of hydrogen-bond donors (Lipinski definition) is 0. The van der Waals surface area contributed by atoms with Gasteiger partial charge < -0.3 is 0 Å². The fourth-order valence-electron chi connectivity index (χ4n) is 8.99. The monoisotopic (exact) mass is 710 g/mol. The summed E-state index contributed by atoms with van der Waals surface area (Å²) in [7, 11) is -9.11. The second-order valence-electron chi connectivity index (χ2n) is 13.6. The molecular formula is C38H34N2O8S2. The molecule has 8 rings (SSSR count). The van der Waals surface area contributed by atoms with Gasteiger partial charge in [-0.05, 0) is 74.6 Å². The van der Waals surface area contributed by atoms with E-state index in [1.807, 2.05) is 0 Å². The number of carbonyl (C=O) groups excluding carboxylic acids is 4. The number of allylic oxidation sites excluding steroid dienone is 3. The van der Waals surface area contributed by atoms with E-state index in [1.54, 1.807) is 73.7 Å². The lowest BCUT2D eigenvalue weighted by atomic mass is 9.63. The van der Waals surface area contributed by atoms with E-state index >= 15 is 0 Å². The summed E-state index contributed by atoms with van der Waals surface area (Å²) in [5, 5.41) is 0. The summed E-state index contributed by atoms with van der Waals surface area (Å²) in [4.78, 5) is 57.8. The van der Waals surface area contributed by atoms with Crippen molar-refractivity contribution in [3.63, 3.8) is 0 Å². The lowest BCUT2D eigenvalue weighted by molar-refractivity contribution is -0.139. The first-order valence-corrected chi connectivity index (χ1v) is 19.7. The maximum absolute atomic E-state index is 14.8. The van der Waals surface area contributed by atoms with Crippen molar-refractivity contribution in [2.75, 3.05) is 6.54 Å². The van der Waals surface area contributed by atoms with Gasteiger partial charge in [0.05, 0.1) is 38.8 Å². The first kappa shape index (κ1) is 32.5. The number of sulfone groups is 2. The normalized spacial score (nSPS) is 26.0. The van der Waals surface area contributed by atoms with Gasteiger partial charge in [0.15, 0.2) is 23.8 Å². The highest BCUT2D eigenvalue weighted by molar-refractivity contribution is 8.10. The maximum Gasteiger partial charge on any atom is 0.262 e. The van der Waals surface area contributed by atoms with E-state index in [2.05, 4.69) is 0 Å².